The zero-order valence-corrected chi connectivity index (χ0v) is 18.1. The van der Waals surface area contributed by atoms with Crippen LogP contribution >= 0.6 is 0 Å². The van der Waals surface area contributed by atoms with Crippen LogP contribution in [-0.2, 0) is 20.8 Å². The van der Waals surface area contributed by atoms with Crippen LogP contribution in [0.2, 0.25) is 0 Å². The van der Waals surface area contributed by atoms with Gasteiger partial charge in [0.05, 0.1) is 18.2 Å². The number of hydrogen-bond donors (Lipinski definition) is 4. The van der Waals surface area contributed by atoms with Crippen molar-refractivity contribution in [2.24, 2.45) is 4.99 Å². The van der Waals surface area contributed by atoms with E-state index >= 15 is 0 Å². The number of guanidine groups is 1. The molecule has 3 heterocycles. The minimum absolute atomic E-state index is 0.323. The number of rotatable bonds is 7. The number of carbonyl (C=O) groups is 3. The number of carbonyl (C=O) groups excluding carboxylic acids is 2. The van der Waals surface area contributed by atoms with Gasteiger partial charge in [-0.3, -0.25) is 24.4 Å². The first-order valence-corrected chi connectivity index (χ1v) is 10.9. The molecule has 172 valence electrons. The van der Waals surface area contributed by atoms with E-state index in [1.54, 1.807) is 23.1 Å². The quantitative estimate of drug-likeness (QED) is 0.469. The lowest BCUT2D eigenvalue weighted by molar-refractivity contribution is -0.137. The molecule has 0 aliphatic carbocycles. The summed E-state index contributed by atoms with van der Waals surface area (Å²) in [6.45, 7) is 2.11. The normalized spacial score (nSPS) is 15.6. The number of fused-ring (bicyclic) bond motifs is 1. The minimum Gasteiger partial charge on any atom is -0.481 e. The summed E-state index contributed by atoms with van der Waals surface area (Å²) < 4.78 is 0. The Morgan fingerprint density at radius 1 is 1.21 bits per heavy atom. The lowest BCUT2D eigenvalue weighted by Crippen LogP contribution is -2.37. The van der Waals surface area contributed by atoms with Gasteiger partial charge in [0, 0.05) is 37.2 Å². The second kappa shape index (κ2) is 10.1. The van der Waals surface area contributed by atoms with Gasteiger partial charge < -0.3 is 26.0 Å². The Morgan fingerprint density at radius 2 is 2.09 bits per heavy atom. The van der Waals surface area contributed by atoms with Crippen molar-refractivity contribution in [3.8, 4) is 0 Å². The van der Waals surface area contributed by atoms with Gasteiger partial charge in [-0.1, -0.05) is 12.1 Å². The monoisotopic (exact) mass is 450 g/mol. The third-order valence-corrected chi connectivity index (χ3v) is 5.51. The van der Waals surface area contributed by atoms with E-state index in [0.29, 0.717) is 24.6 Å². The maximum absolute atomic E-state index is 12.9. The number of aromatic nitrogens is 1. The highest BCUT2D eigenvalue weighted by Crippen LogP contribution is 2.31. The molecule has 1 atom stereocenters. The smallest absolute Gasteiger partial charge is 0.305 e. The largest absolute Gasteiger partial charge is 0.481 e. The van der Waals surface area contributed by atoms with Crippen LogP contribution in [0.4, 0.5) is 11.4 Å². The van der Waals surface area contributed by atoms with Crippen molar-refractivity contribution >= 4 is 35.1 Å². The van der Waals surface area contributed by atoms with E-state index < -0.39 is 17.9 Å². The van der Waals surface area contributed by atoms with Crippen LogP contribution in [-0.4, -0.2) is 53.5 Å². The molecular weight excluding hydrogens is 424 g/mol. The van der Waals surface area contributed by atoms with Crippen LogP contribution in [0.15, 0.2) is 47.6 Å². The summed E-state index contributed by atoms with van der Waals surface area (Å²) in [5.41, 5.74) is 3.04. The van der Waals surface area contributed by atoms with E-state index in [2.05, 4.69) is 25.9 Å². The zero-order chi connectivity index (χ0) is 23.2. The molecule has 0 bridgehead atoms. The molecule has 4 rings (SSSR count). The molecule has 2 aliphatic rings. The Balaban J connectivity index is 1.41. The predicted octanol–water partition coefficient (Wildman–Crippen LogP) is 1.45. The number of anilines is 2. The van der Waals surface area contributed by atoms with Crippen LogP contribution in [0.1, 0.15) is 36.6 Å². The van der Waals surface area contributed by atoms with Crippen molar-refractivity contribution in [3.05, 3.63) is 53.9 Å². The molecule has 1 unspecified atom stereocenters. The molecule has 0 radical (unpaired) electrons. The standard InChI is InChI=1S/C23H26N6O4/c30-20(28-18(13-22(32)33)17-4-1-2-8-24-17)14-21(31)29-11-7-15-5-6-16(12-19(15)29)27-23-25-9-3-10-26-23/h1-2,4-6,8,12,18H,3,7,9-11,13-14H2,(H,28,30)(H,32,33)(H2,25,26,27). The molecular formula is C23H26N6O4. The molecule has 2 aromatic rings. The Morgan fingerprint density at radius 3 is 2.82 bits per heavy atom. The minimum atomic E-state index is -1.07. The number of nitrogens with zero attached hydrogens (tertiary/aromatic N) is 3. The number of amides is 2. The number of carboxylic acid groups (broad SMARTS) is 1. The molecule has 2 amide bonds. The van der Waals surface area contributed by atoms with Crippen molar-refractivity contribution in [1.29, 1.82) is 0 Å². The molecule has 10 heteroatoms. The van der Waals surface area contributed by atoms with E-state index in [1.807, 2.05) is 18.2 Å². The van der Waals surface area contributed by atoms with E-state index in [1.165, 1.54) is 6.20 Å². The van der Waals surface area contributed by atoms with Crippen LogP contribution in [0, 0.1) is 0 Å². The Bertz CT molecular complexity index is 1070. The predicted molar refractivity (Wildman–Crippen MR) is 123 cm³/mol. The first-order chi connectivity index (χ1) is 16.0. The average molecular weight is 450 g/mol. The second-order valence-corrected chi connectivity index (χ2v) is 7.92. The number of benzene rings is 1. The molecule has 1 aromatic heterocycles. The summed E-state index contributed by atoms with van der Waals surface area (Å²) in [6.07, 6.45) is 2.53. The highest BCUT2D eigenvalue weighted by atomic mass is 16.4. The van der Waals surface area contributed by atoms with Crippen LogP contribution in [0.5, 0.6) is 0 Å². The molecule has 0 saturated heterocycles. The number of aliphatic imine (C=N–C) groups is 1. The maximum Gasteiger partial charge on any atom is 0.305 e. The third kappa shape index (κ3) is 5.65. The summed E-state index contributed by atoms with van der Waals surface area (Å²) >= 11 is 0. The zero-order valence-electron chi connectivity index (χ0n) is 18.1. The van der Waals surface area contributed by atoms with Gasteiger partial charge in [-0.15, -0.1) is 0 Å². The molecule has 1 aromatic carbocycles. The number of pyridine rings is 1. The number of carboxylic acids is 1. The van der Waals surface area contributed by atoms with Crippen molar-refractivity contribution in [2.45, 2.75) is 31.7 Å². The highest BCUT2D eigenvalue weighted by Gasteiger charge is 2.28. The lowest BCUT2D eigenvalue weighted by atomic mass is 10.1. The van der Waals surface area contributed by atoms with E-state index in [-0.39, 0.29) is 18.7 Å². The van der Waals surface area contributed by atoms with Gasteiger partial charge in [0.1, 0.15) is 6.42 Å². The Hall–Kier alpha value is -3.95. The van der Waals surface area contributed by atoms with Gasteiger partial charge >= 0.3 is 5.97 Å². The summed E-state index contributed by atoms with van der Waals surface area (Å²) in [6, 6.07) is 10.1. The molecule has 33 heavy (non-hydrogen) atoms. The van der Waals surface area contributed by atoms with Crippen molar-refractivity contribution in [3.63, 3.8) is 0 Å². The average Bonchev–Trinajstić information content (AvgIpc) is 3.23. The molecule has 0 saturated carbocycles. The fraction of sp³-hybridized carbons (Fsp3) is 0.348. The molecule has 0 fully saturated rings. The van der Waals surface area contributed by atoms with Crippen LogP contribution < -0.4 is 20.9 Å². The molecule has 10 nitrogen and oxygen atoms in total. The van der Waals surface area contributed by atoms with Gasteiger partial charge in [0.15, 0.2) is 5.96 Å². The summed E-state index contributed by atoms with van der Waals surface area (Å²) in [7, 11) is 0. The van der Waals surface area contributed by atoms with Crippen LogP contribution in [0.25, 0.3) is 0 Å². The van der Waals surface area contributed by atoms with Gasteiger partial charge in [0.2, 0.25) is 11.8 Å². The first kappa shape index (κ1) is 22.3. The third-order valence-electron chi connectivity index (χ3n) is 5.51. The van der Waals surface area contributed by atoms with Crippen molar-refractivity contribution < 1.29 is 19.5 Å². The molecule has 4 N–H and O–H groups in total. The summed E-state index contributed by atoms with van der Waals surface area (Å²) in [5, 5.41) is 18.3. The summed E-state index contributed by atoms with van der Waals surface area (Å²) in [4.78, 5) is 46.9. The van der Waals surface area contributed by atoms with E-state index in [0.717, 1.165) is 36.4 Å². The van der Waals surface area contributed by atoms with Gasteiger partial charge in [-0.25, -0.2) is 0 Å². The fourth-order valence-electron chi connectivity index (χ4n) is 3.93. The van der Waals surface area contributed by atoms with Gasteiger partial charge in [-0.05, 0) is 42.7 Å². The number of hydrogen-bond acceptors (Lipinski definition) is 7. The van der Waals surface area contributed by atoms with Crippen molar-refractivity contribution in [2.75, 3.05) is 29.9 Å². The number of nitrogens with one attached hydrogen (secondary N) is 3. The summed E-state index contributed by atoms with van der Waals surface area (Å²) in [5.74, 6) is -1.25. The molecule has 0 spiro atoms. The topological polar surface area (TPSA) is 136 Å². The highest BCUT2D eigenvalue weighted by molar-refractivity contribution is 6.06. The Kier molecular flexibility index (Phi) is 6.82. The number of aliphatic carboxylic acids is 1. The Labute approximate surface area is 191 Å². The van der Waals surface area contributed by atoms with Crippen LogP contribution in [0.3, 0.4) is 0 Å². The SMILES string of the molecule is O=C(O)CC(NC(=O)CC(=O)N1CCc2ccc(NC3=NCCCN3)cc21)c1ccccn1. The van der Waals surface area contributed by atoms with Gasteiger partial charge in [-0.2, -0.15) is 0 Å². The fourth-order valence-corrected chi connectivity index (χ4v) is 3.93. The first-order valence-electron chi connectivity index (χ1n) is 10.9. The van der Waals surface area contributed by atoms with E-state index in [4.69, 9.17) is 0 Å². The van der Waals surface area contributed by atoms with Crippen molar-refractivity contribution in [1.82, 2.24) is 15.6 Å². The van der Waals surface area contributed by atoms with Gasteiger partial charge in [0.25, 0.3) is 0 Å². The van der Waals surface area contributed by atoms with E-state index in [9.17, 15) is 19.5 Å². The maximum atomic E-state index is 12.9. The lowest BCUT2D eigenvalue weighted by Gasteiger charge is -2.21. The molecule has 2 aliphatic heterocycles. The second-order valence-electron chi connectivity index (χ2n) is 7.92.